The Hall–Kier alpha value is -2.36. The largest absolute Gasteiger partial charge is 0.397 e. The summed E-state index contributed by atoms with van der Waals surface area (Å²) in [6, 6.07) is 9.67. The average molecular weight is 272 g/mol. The number of carbonyl (C=O) groups excluding carboxylic acids is 1. The van der Waals surface area contributed by atoms with E-state index in [0.717, 1.165) is 11.1 Å². The van der Waals surface area contributed by atoms with Crippen LogP contribution >= 0.6 is 0 Å². The normalized spacial score (nSPS) is 10.3. The lowest BCUT2D eigenvalue weighted by atomic mass is 10.1. The van der Waals surface area contributed by atoms with E-state index in [1.54, 1.807) is 12.1 Å². The Morgan fingerprint density at radius 1 is 1.20 bits per heavy atom. The van der Waals surface area contributed by atoms with Crippen LogP contribution in [0.5, 0.6) is 0 Å². The van der Waals surface area contributed by atoms with Gasteiger partial charge in [0.1, 0.15) is 5.82 Å². The fourth-order valence-electron chi connectivity index (χ4n) is 1.97. The highest BCUT2D eigenvalue weighted by molar-refractivity contribution is 5.95. The fraction of sp³-hybridized carbons (Fsp3) is 0.188. The molecule has 0 atom stereocenters. The van der Waals surface area contributed by atoms with Gasteiger partial charge in [0.2, 0.25) is 5.91 Å². The van der Waals surface area contributed by atoms with E-state index in [1.165, 1.54) is 12.1 Å². The number of aryl methyl sites for hydroxylation is 2. The molecular formula is C16H17FN2O. The van der Waals surface area contributed by atoms with Crippen LogP contribution in [-0.4, -0.2) is 5.91 Å². The first-order chi connectivity index (χ1) is 9.45. The van der Waals surface area contributed by atoms with Gasteiger partial charge in [0.05, 0.1) is 17.8 Å². The van der Waals surface area contributed by atoms with Gasteiger partial charge in [0.25, 0.3) is 0 Å². The number of anilines is 2. The van der Waals surface area contributed by atoms with Gasteiger partial charge >= 0.3 is 0 Å². The quantitative estimate of drug-likeness (QED) is 0.843. The van der Waals surface area contributed by atoms with Crippen molar-refractivity contribution >= 4 is 17.3 Å². The highest BCUT2D eigenvalue weighted by Gasteiger charge is 2.08. The summed E-state index contributed by atoms with van der Waals surface area (Å²) < 4.78 is 13.1. The minimum Gasteiger partial charge on any atom is -0.397 e. The number of nitrogen functional groups attached to an aromatic ring is 1. The number of amides is 1. The van der Waals surface area contributed by atoms with Gasteiger partial charge in [-0.3, -0.25) is 4.79 Å². The van der Waals surface area contributed by atoms with Crippen molar-refractivity contribution < 1.29 is 9.18 Å². The lowest BCUT2D eigenvalue weighted by Gasteiger charge is -2.11. The van der Waals surface area contributed by atoms with Gasteiger partial charge in [0.15, 0.2) is 0 Å². The van der Waals surface area contributed by atoms with E-state index in [2.05, 4.69) is 5.32 Å². The topological polar surface area (TPSA) is 55.1 Å². The van der Waals surface area contributed by atoms with Crippen molar-refractivity contribution in [3.8, 4) is 0 Å². The lowest BCUT2D eigenvalue weighted by Crippen LogP contribution is -2.15. The Morgan fingerprint density at radius 2 is 1.90 bits per heavy atom. The van der Waals surface area contributed by atoms with Crippen LogP contribution in [0.25, 0.3) is 0 Å². The van der Waals surface area contributed by atoms with Crippen molar-refractivity contribution in [2.24, 2.45) is 0 Å². The van der Waals surface area contributed by atoms with E-state index in [4.69, 9.17) is 5.73 Å². The molecule has 0 spiro atoms. The van der Waals surface area contributed by atoms with Crippen molar-refractivity contribution in [1.82, 2.24) is 0 Å². The molecule has 0 radical (unpaired) electrons. The number of nitrogens with two attached hydrogens (primary N) is 1. The molecule has 0 aliphatic heterocycles. The minimum atomic E-state index is -0.346. The molecule has 0 saturated carbocycles. The second-order valence-electron chi connectivity index (χ2n) is 4.88. The second kappa shape index (κ2) is 5.74. The van der Waals surface area contributed by atoms with Crippen LogP contribution in [0.15, 0.2) is 36.4 Å². The van der Waals surface area contributed by atoms with E-state index < -0.39 is 0 Å². The summed E-state index contributed by atoms with van der Waals surface area (Å²) in [4.78, 5) is 12.0. The molecule has 1 amide bonds. The van der Waals surface area contributed by atoms with Crippen LogP contribution in [-0.2, 0) is 11.2 Å². The standard InChI is InChI=1S/C16H17FN2O/c1-10-6-14(18)15(7-11(10)2)19-16(20)9-12-4-3-5-13(17)8-12/h3-8H,9,18H2,1-2H3,(H,19,20). The number of carbonyl (C=O) groups is 1. The van der Waals surface area contributed by atoms with E-state index in [1.807, 2.05) is 26.0 Å². The molecule has 0 aliphatic rings. The van der Waals surface area contributed by atoms with E-state index in [-0.39, 0.29) is 18.1 Å². The Labute approximate surface area is 117 Å². The zero-order valence-corrected chi connectivity index (χ0v) is 11.5. The van der Waals surface area contributed by atoms with Crippen molar-refractivity contribution in [3.05, 3.63) is 58.9 Å². The Kier molecular flexibility index (Phi) is 4.03. The first kappa shape index (κ1) is 14.1. The van der Waals surface area contributed by atoms with Crippen molar-refractivity contribution in [1.29, 1.82) is 0 Å². The molecule has 2 aromatic rings. The maximum absolute atomic E-state index is 13.1. The van der Waals surface area contributed by atoms with Crippen molar-refractivity contribution in [2.45, 2.75) is 20.3 Å². The molecule has 0 aliphatic carbocycles. The Balaban J connectivity index is 2.10. The molecule has 2 aromatic carbocycles. The fourth-order valence-corrected chi connectivity index (χ4v) is 1.97. The summed E-state index contributed by atoms with van der Waals surface area (Å²) in [6.07, 6.45) is 0.115. The molecule has 0 saturated heterocycles. The van der Waals surface area contributed by atoms with Gasteiger partial charge in [-0.25, -0.2) is 4.39 Å². The summed E-state index contributed by atoms with van der Waals surface area (Å²) in [6.45, 7) is 3.92. The van der Waals surface area contributed by atoms with Gasteiger partial charge in [0, 0.05) is 0 Å². The lowest BCUT2D eigenvalue weighted by molar-refractivity contribution is -0.115. The third kappa shape index (κ3) is 3.35. The van der Waals surface area contributed by atoms with Gasteiger partial charge < -0.3 is 11.1 Å². The predicted molar refractivity (Wildman–Crippen MR) is 79.1 cm³/mol. The SMILES string of the molecule is Cc1cc(N)c(NC(=O)Cc2cccc(F)c2)cc1C. The first-order valence-electron chi connectivity index (χ1n) is 6.36. The van der Waals surface area contributed by atoms with Crippen LogP contribution in [0.4, 0.5) is 15.8 Å². The molecule has 3 N–H and O–H groups in total. The summed E-state index contributed by atoms with van der Waals surface area (Å²) >= 11 is 0. The maximum atomic E-state index is 13.1. The molecule has 0 aromatic heterocycles. The summed E-state index contributed by atoms with van der Waals surface area (Å²) in [5.41, 5.74) is 9.76. The molecule has 4 heteroatoms. The molecule has 0 heterocycles. The minimum absolute atomic E-state index is 0.115. The van der Waals surface area contributed by atoms with Crippen molar-refractivity contribution in [3.63, 3.8) is 0 Å². The number of halogens is 1. The molecule has 2 rings (SSSR count). The highest BCUT2D eigenvalue weighted by atomic mass is 19.1. The Bertz CT molecular complexity index is 653. The van der Waals surface area contributed by atoms with Crippen LogP contribution in [0.2, 0.25) is 0 Å². The molecule has 0 unspecified atom stereocenters. The third-order valence-electron chi connectivity index (χ3n) is 3.19. The van der Waals surface area contributed by atoms with Gasteiger partial charge in [-0.15, -0.1) is 0 Å². The summed E-state index contributed by atoms with van der Waals surface area (Å²) in [7, 11) is 0. The summed E-state index contributed by atoms with van der Waals surface area (Å²) in [5, 5.41) is 2.76. The van der Waals surface area contributed by atoms with Gasteiger partial charge in [-0.2, -0.15) is 0 Å². The van der Waals surface area contributed by atoms with Crippen LogP contribution in [0, 0.1) is 19.7 Å². The van der Waals surface area contributed by atoms with Gasteiger partial charge in [-0.1, -0.05) is 12.1 Å². The first-order valence-corrected chi connectivity index (χ1v) is 6.36. The molecule has 0 bridgehead atoms. The number of benzene rings is 2. The number of rotatable bonds is 3. The zero-order chi connectivity index (χ0) is 14.7. The Morgan fingerprint density at radius 3 is 2.60 bits per heavy atom. The molecule has 20 heavy (non-hydrogen) atoms. The smallest absolute Gasteiger partial charge is 0.228 e. The molecule has 0 fully saturated rings. The van der Waals surface area contributed by atoms with E-state index in [0.29, 0.717) is 16.9 Å². The highest BCUT2D eigenvalue weighted by Crippen LogP contribution is 2.23. The number of hydrogen-bond acceptors (Lipinski definition) is 2. The monoisotopic (exact) mass is 272 g/mol. The average Bonchev–Trinajstić information content (AvgIpc) is 2.36. The zero-order valence-electron chi connectivity index (χ0n) is 11.5. The number of hydrogen-bond donors (Lipinski definition) is 2. The summed E-state index contributed by atoms with van der Waals surface area (Å²) in [5.74, 6) is -0.563. The van der Waals surface area contributed by atoms with E-state index >= 15 is 0 Å². The number of nitrogens with one attached hydrogen (secondary N) is 1. The second-order valence-corrected chi connectivity index (χ2v) is 4.88. The van der Waals surface area contributed by atoms with Crippen LogP contribution in [0.1, 0.15) is 16.7 Å². The molecule has 3 nitrogen and oxygen atoms in total. The third-order valence-corrected chi connectivity index (χ3v) is 3.19. The van der Waals surface area contributed by atoms with Crippen LogP contribution in [0.3, 0.4) is 0 Å². The van der Waals surface area contributed by atoms with Crippen molar-refractivity contribution in [2.75, 3.05) is 11.1 Å². The van der Waals surface area contributed by atoms with Crippen LogP contribution < -0.4 is 11.1 Å². The van der Waals surface area contributed by atoms with E-state index in [9.17, 15) is 9.18 Å². The predicted octanol–water partition coefficient (Wildman–Crippen LogP) is 3.21. The van der Waals surface area contributed by atoms with Gasteiger partial charge in [-0.05, 0) is 54.8 Å². The molecular weight excluding hydrogens is 255 g/mol. The molecule has 104 valence electrons. The maximum Gasteiger partial charge on any atom is 0.228 e.